The summed E-state index contributed by atoms with van der Waals surface area (Å²) >= 11 is 0. The highest BCUT2D eigenvalue weighted by molar-refractivity contribution is 7.89. The molecule has 0 aliphatic heterocycles. The van der Waals surface area contributed by atoms with Crippen molar-refractivity contribution in [3.63, 3.8) is 0 Å². The van der Waals surface area contributed by atoms with E-state index in [1.54, 1.807) is 0 Å². The van der Waals surface area contributed by atoms with Gasteiger partial charge in [0.05, 0.1) is 25.2 Å². The predicted molar refractivity (Wildman–Crippen MR) is 61.6 cm³/mol. The first kappa shape index (κ1) is 14.4. The van der Waals surface area contributed by atoms with E-state index in [0.29, 0.717) is 4.47 Å². The summed E-state index contributed by atoms with van der Waals surface area (Å²) in [7, 11) is -0.460. The largest absolute Gasteiger partial charge is 0.497 e. The van der Waals surface area contributed by atoms with Gasteiger partial charge in [-0.05, 0) is 12.1 Å². The van der Waals surface area contributed by atoms with Crippen molar-refractivity contribution in [3.8, 4) is 5.75 Å². The van der Waals surface area contributed by atoms with Gasteiger partial charge in [0.15, 0.2) is 4.90 Å². The monoisotopic (exact) mass is 276 g/mol. The lowest BCUT2D eigenvalue weighted by atomic mass is 10.3. The number of sulfonamides is 1. The molecule has 0 radical (unpaired) electrons. The Kier molecular flexibility index (Phi) is 4.22. The highest BCUT2D eigenvalue weighted by atomic mass is 32.2. The zero-order valence-corrected chi connectivity index (χ0v) is 10.8. The molecule has 1 aromatic carbocycles. The van der Waals surface area contributed by atoms with Crippen molar-refractivity contribution in [3.05, 3.63) is 28.3 Å². The van der Waals surface area contributed by atoms with Crippen LogP contribution in [0.25, 0.3) is 0 Å². The maximum atomic E-state index is 11.9. The van der Waals surface area contributed by atoms with Crippen molar-refractivity contribution in [2.75, 3.05) is 21.3 Å². The molecule has 0 bridgehead atoms. The lowest BCUT2D eigenvalue weighted by molar-refractivity contribution is -0.388. The average Bonchev–Trinajstić information content (AvgIpc) is 2.36. The van der Waals surface area contributed by atoms with Crippen LogP contribution in [0.1, 0.15) is 0 Å². The summed E-state index contributed by atoms with van der Waals surface area (Å²) in [6.07, 6.45) is 0. The minimum Gasteiger partial charge on any atom is -0.497 e. The van der Waals surface area contributed by atoms with E-state index in [9.17, 15) is 18.5 Å². The second-order valence-electron chi connectivity index (χ2n) is 3.19. The molecular weight excluding hydrogens is 264 g/mol. The van der Waals surface area contributed by atoms with Gasteiger partial charge in [0.1, 0.15) is 5.75 Å². The molecule has 0 heterocycles. The minimum atomic E-state index is -4.08. The number of hydroxylamine groups is 1. The third-order valence-electron chi connectivity index (χ3n) is 2.24. The Hall–Kier alpha value is -1.71. The van der Waals surface area contributed by atoms with Gasteiger partial charge in [-0.2, -0.15) is 0 Å². The summed E-state index contributed by atoms with van der Waals surface area (Å²) < 4.78 is 29.2. The lowest BCUT2D eigenvalue weighted by Crippen LogP contribution is -2.26. The Morgan fingerprint density at radius 2 is 1.94 bits per heavy atom. The molecular formula is C9H12N2O6S. The van der Waals surface area contributed by atoms with Gasteiger partial charge in [-0.25, -0.2) is 8.42 Å². The Morgan fingerprint density at radius 3 is 2.39 bits per heavy atom. The molecule has 8 nitrogen and oxygen atoms in total. The molecule has 0 unspecified atom stereocenters. The second kappa shape index (κ2) is 5.29. The Labute approximate surface area is 104 Å². The van der Waals surface area contributed by atoms with Crippen molar-refractivity contribution in [2.45, 2.75) is 4.90 Å². The van der Waals surface area contributed by atoms with Crippen LogP contribution in [0.4, 0.5) is 5.69 Å². The molecule has 100 valence electrons. The molecule has 0 aliphatic rings. The third kappa shape index (κ3) is 2.58. The molecule has 0 aromatic heterocycles. The highest BCUT2D eigenvalue weighted by Gasteiger charge is 2.30. The van der Waals surface area contributed by atoms with Gasteiger partial charge >= 0.3 is 0 Å². The molecule has 1 aromatic rings. The molecule has 0 amide bonds. The topological polar surface area (TPSA) is 99.0 Å². The Morgan fingerprint density at radius 1 is 1.33 bits per heavy atom. The molecule has 0 atom stereocenters. The number of hydrogen-bond acceptors (Lipinski definition) is 6. The molecule has 0 spiro atoms. The highest BCUT2D eigenvalue weighted by Crippen LogP contribution is 2.29. The summed E-state index contributed by atoms with van der Waals surface area (Å²) in [5, 5.41) is 10.9. The first-order chi connectivity index (χ1) is 8.34. The standard InChI is InChI=1S/C9H12N2O6S/c1-10(17-3)18(14,15)9-5-4-7(16-2)6-8(9)11(12)13/h4-6H,1-3H3. The van der Waals surface area contributed by atoms with E-state index in [1.165, 1.54) is 13.2 Å². The van der Waals surface area contributed by atoms with E-state index in [-0.39, 0.29) is 5.75 Å². The van der Waals surface area contributed by atoms with Crippen LogP contribution in [0.3, 0.4) is 0 Å². The van der Waals surface area contributed by atoms with E-state index >= 15 is 0 Å². The number of benzene rings is 1. The predicted octanol–water partition coefficient (Wildman–Crippen LogP) is 0.785. The van der Waals surface area contributed by atoms with E-state index in [4.69, 9.17) is 4.74 Å². The van der Waals surface area contributed by atoms with Gasteiger partial charge in [0.25, 0.3) is 15.7 Å². The van der Waals surface area contributed by atoms with Crippen molar-refractivity contribution >= 4 is 15.7 Å². The van der Waals surface area contributed by atoms with E-state index < -0.39 is 25.5 Å². The van der Waals surface area contributed by atoms with E-state index in [0.717, 1.165) is 26.3 Å². The molecule has 0 aliphatic carbocycles. The van der Waals surface area contributed by atoms with Crippen LogP contribution in [0.15, 0.2) is 23.1 Å². The fraction of sp³-hybridized carbons (Fsp3) is 0.333. The Bertz CT molecular complexity index is 556. The normalized spacial score (nSPS) is 11.6. The maximum Gasteiger partial charge on any atom is 0.293 e. The van der Waals surface area contributed by atoms with Crippen molar-refractivity contribution in [1.29, 1.82) is 0 Å². The molecule has 0 saturated carbocycles. The average molecular weight is 276 g/mol. The van der Waals surface area contributed by atoms with Gasteiger partial charge in [-0.1, -0.05) is 4.47 Å². The summed E-state index contributed by atoms with van der Waals surface area (Å²) in [5.41, 5.74) is -0.571. The Balaban J connectivity index is 3.46. The van der Waals surface area contributed by atoms with Gasteiger partial charge in [-0.15, -0.1) is 0 Å². The van der Waals surface area contributed by atoms with Crippen molar-refractivity contribution < 1.29 is 22.9 Å². The summed E-state index contributed by atoms with van der Waals surface area (Å²) in [4.78, 5) is 14.2. The molecule has 0 N–H and O–H groups in total. The molecule has 9 heteroatoms. The quantitative estimate of drug-likeness (QED) is 0.582. The van der Waals surface area contributed by atoms with Gasteiger partial charge in [-0.3, -0.25) is 15.0 Å². The minimum absolute atomic E-state index is 0.195. The number of methoxy groups -OCH3 is 1. The molecule has 18 heavy (non-hydrogen) atoms. The number of hydrogen-bond donors (Lipinski definition) is 0. The molecule has 1 rings (SSSR count). The van der Waals surface area contributed by atoms with Gasteiger partial charge < -0.3 is 4.74 Å². The number of nitro benzene ring substituents is 1. The lowest BCUT2D eigenvalue weighted by Gasteiger charge is -2.14. The maximum absolute atomic E-state index is 11.9. The smallest absolute Gasteiger partial charge is 0.293 e. The van der Waals surface area contributed by atoms with Crippen LogP contribution in [0.2, 0.25) is 0 Å². The van der Waals surface area contributed by atoms with Crippen LogP contribution in [0, 0.1) is 10.1 Å². The summed E-state index contributed by atoms with van der Waals surface area (Å²) in [5.74, 6) is 0.195. The van der Waals surface area contributed by atoms with Crippen LogP contribution in [0.5, 0.6) is 5.75 Å². The van der Waals surface area contributed by atoms with Crippen molar-refractivity contribution in [1.82, 2.24) is 4.47 Å². The fourth-order valence-corrected chi connectivity index (χ4v) is 2.33. The number of nitrogens with zero attached hydrogens (tertiary/aromatic N) is 2. The first-order valence-electron chi connectivity index (χ1n) is 4.70. The van der Waals surface area contributed by atoms with Gasteiger partial charge in [0.2, 0.25) is 0 Å². The van der Waals surface area contributed by atoms with Crippen LogP contribution < -0.4 is 4.74 Å². The summed E-state index contributed by atoms with van der Waals surface area (Å²) in [6, 6.07) is 3.46. The zero-order chi connectivity index (χ0) is 13.9. The SMILES string of the molecule is COc1ccc(S(=O)(=O)N(C)OC)c([N+](=O)[O-])c1. The van der Waals surface area contributed by atoms with E-state index in [2.05, 4.69) is 4.84 Å². The second-order valence-corrected chi connectivity index (χ2v) is 5.09. The third-order valence-corrected chi connectivity index (χ3v) is 3.96. The van der Waals surface area contributed by atoms with Crippen LogP contribution in [-0.2, 0) is 14.9 Å². The van der Waals surface area contributed by atoms with Crippen molar-refractivity contribution in [2.24, 2.45) is 0 Å². The molecule has 0 saturated heterocycles. The number of ether oxygens (including phenoxy) is 1. The number of rotatable bonds is 5. The van der Waals surface area contributed by atoms with Gasteiger partial charge in [0, 0.05) is 7.05 Å². The summed E-state index contributed by atoms with van der Waals surface area (Å²) in [6.45, 7) is 0. The van der Waals surface area contributed by atoms with Crippen LogP contribution >= 0.6 is 0 Å². The molecule has 0 fully saturated rings. The fourth-order valence-electron chi connectivity index (χ4n) is 1.22. The van der Waals surface area contributed by atoms with Crippen LogP contribution in [-0.4, -0.2) is 39.1 Å². The number of nitro groups is 1. The first-order valence-corrected chi connectivity index (χ1v) is 6.14. The van der Waals surface area contributed by atoms with E-state index in [1.807, 2.05) is 0 Å². The zero-order valence-electron chi connectivity index (χ0n) is 9.98.